The molecule has 6 nitrogen and oxygen atoms in total. The van der Waals surface area contributed by atoms with Crippen molar-refractivity contribution < 1.29 is 4.79 Å². The van der Waals surface area contributed by atoms with Crippen LogP contribution in [0.1, 0.15) is 13.8 Å². The van der Waals surface area contributed by atoms with Crippen molar-refractivity contribution >= 4 is 45.6 Å². The number of carbonyl (C=O) groups is 1. The van der Waals surface area contributed by atoms with Crippen molar-refractivity contribution in [2.45, 2.75) is 13.8 Å². The van der Waals surface area contributed by atoms with Crippen molar-refractivity contribution in [1.29, 1.82) is 0 Å². The van der Waals surface area contributed by atoms with Crippen LogP contribution < -0.4 is 10.6 Å². The Morgan fingerprint density at radius 1 is 1.11 bits per heavy atom. The van der Waals surface area contributed by atoms with Gasteiger partial charge in [0.25, 0.3) is 0 Å². The van der Waals surface area contributed by atoms with E-state index in [1.165, 1.54) is 6.33 Å². The quantitative estimate of drug-likeness (QED) is 0.636. The molecule has 0 saturated heterocycles. The number of carbonyl (C=O) groups excluding carboxylic acids is 1. The fourth-order valence-electron chi connectivity index (χ4n) is 2.78. The molecule has 0 atom stereocenters. The number of nitrogens with one attached hydrogen (secondary N) is 2. The van der Waals surface area contributed by atoms with E-state index >= 15 is 0 Å². The molecule has 3 aromatic rings. The number of amides is 1. The van der Waals surface area contributed by atoms with Gasteiger partial charge in [0, 0.05) is 11.1 Å². The molecule has 0 aliphatic heterocycles. The summed E-state index contributed by atoms with van der Waals surface area (Å²) in [7, 11) is 0. The Morgan fingerprint density at radius 2 is 1.89 bits per heavy atom. The third kappa shape index (κ3) is 4.72. The lowest BCUT2D eigenvalue weighted by molar-refractivity contribution is -0.117. The predicted octanol–water partition coefficient (Wildman–Crippen LogP) is 4.31. The Bertz CT molecular complexity index is 937. The largest absolute Gasteiger partial charge is 0.340 e. The van der Waals surface area contributed by atoms with Crippen LogP contribution in [0.2, 0.25) is 5.02 Å². The van der Waals surface area contributed by atoms with Crippen molar-refractivity contribution in [3.05, 3.63) is 53.8 Å². The number of anilines is 3. The SMILES string of the molecule is CCN(CC)CC(=O)Nc1ccc(Nc2ncnc3ccccc23)cc1Cl. The Balaban J connectivity index is 1.74. The molecule has 1 aromatic heterocycles. The number of aromatic nitrogens is 2. The zero-order chi connectivity index (χ0) is 19.2. The molecule has 27 heavy (non-hydrogen) atoms. The van der Waals surface area contributed by atoms with Crippen LogP contribution >= 0.6 is 11.6 Å². The van der Waals surface area contributed by atoms with Crippen LogP contribution in [0.3, 0.4) is 0 Å². The molecule has 0 unspecified atom stereocenters. The molecule has 0 saturated carbocycles. The summed E-state index contributed by atoms with van der Waals surface area (Å²) in [6.45, 7) is 6.05. The maximum absolute atomic E-state index is 12.2. The molecule has 0 fully saturated rings. The van der Waals surface area contributed by atoms with Crippen LogP contribution in [0.15, 0.2) is 48.8 Å². The number of hydrogen-bond donors (Lipinski definition) is 2. The summed E-state index contributed by atoms with van der Waals surface area (Å²) < 4.78 is 0. The number of para-hydroxylation sites is 1. The van der Waals surface area contributed by atoms with Crippen LogP contribution in [-0.2, 0) is 4.79 Å². The summed E-state index contributed by atoms with van der Waals surface area (Å²) in [6, 6.07) is 13.2. The summed E-state index contributed by atoms with van der Waals surface area (Å²) in [5, 5.41) is 7.51. The Kier molecular flexibility index (Phi) is 6.21. The highest BCUT2D eigenvalue weighted by Crippen LogP contribution is 2.28. The van der Waals surface area contributed by atoms with Gasteiger partial charge in [-0.25, -0.2) is 9.97 Å². The third-order valence-corrected chi connectivity index (χ3v) is 4.62. The molecule has 1 amide bonds. The van der Waals surface area contributed by atoms with E-state index < -0.39 is 0 Å². The van der Waals surface area contributed by atoms with E-state index in [1.807, 2.05) is 49.1 Å². The number of hydrogen-bond acceptors (Lipinski definition) is 5. The standard InChI is InChI=1S/C20H22ClN5O/c1-3-26(4-2)12-19(27)25-18-10-9-14(11-16(18)21)24-20-15-7-5-6-8-17(15)22-13-23-20/h5-11,13H,3-4,12H2,1-2H3,(H,25,27)(H,22,23,24). The summed E-state index contributed by atoms with van der Waals surface area (Å²) in [6.07, 6.45) is 1.52. The lowest BCUT2D eigenvalue weighted by Crippen LogP contribution is -2.32. The maximum atomic E-state index is 12.2. The van der Waals surface area contributed by atoms with E-state index in [0.717, 1.165) is 29.7 Å². The average Bonchev–Trinajstić information content (AvgIpc) is 2.68. The van der Waals surface area contributed by atoms with Gasteiger partial charge < -0.3 is 10.6 Å². The first-order valence-electron chi connectivity index (χ1n) is 8.89. The van der Waals surface area contributed by atoms with Crippen molar-refractivity contribution in [2.24, 2.45) is 0 Å². The van der Waals surface area contributed by atoms with Crippen LogP contribution in [0.25, 0.3) is 10.9 Å². The first-order chi connectivity index (χ1) is 13.1. The van der Waals surface area contributed by atoms with Crippen LogP contribution in [-0.4, -0.2) is 40.4 Å². The van der Waals surface area contributed by atoms with Crippen molar-refractivity contribution in [3.63, 3.8) is 0 Å². The predicted molar refractivity (Wildman–Crippen MR) is 111 cm³/mol. The van der Waals surface area contributed by atoms with Gasteiger partial charge in [-0.2, -0.15) is 0 Å². The summed E-state index contributed by atoms with van der Waals surface area (Å²) in [5.74, 6) is 0.623. The van der Waals surface area contributed by atoms with E-state index in [2.05, 4.69) is 20.6 Å². The highest BCUT2D eigenvalue weighted by Gasteiger charge is 2.11. The van der Waals surface area contributed by atoms with Crippen molar-refractivity contribution in [3.8, 4) is 0 Å². The minimum absolute atomic E-state index is 0.0805. The van der Waals surface area contributed by atoms with Gasteiger partial charge in [0.1, 0.15) is 12.1 Å². The van der Waals surface area contributed by atoms with E-state index in [4.69, 9.17) is 11.6 Å². The van der Waals surface area contributed by atoms with Gasteiger partial charge in [-0.3, -0.25) is 9.69 Å². The molecule has 2 aromatic carbocycles. The Labute approximate surface area is 163 Å². The monoisotopic (exact) mass is 383 g/mol. The minimum atomic E-state index is -0.0805. The molecular formula is C20H22ClN5O. The molecule has 0 radical (unpaired) electrons. The van der Waals surface area contributed by atoms with Gasteiger partial charge in [-0.1, -0.05) is 37.6 Å². The van der Waals surface area contributed by atoms with E-state index in [1.54, 1.807) is 12.1 Å². The van der Waals surface area contributed by atoms with Crippen molar-refractivity contribution in [2.75, 3.05) is 30.3 Å². The number of likely N-dealkylation sites (N-methyl/N-ethyl adjacent to an activating group) is 1. The van der Waals surface area contributed by atoms with Crippen LogP contribution in [0.5, 0.6) is 0 Å². The molecule has 1 heterocycles. The Morgan fingerprint density at radius 3 is 2.63 bits per heavy atom. The van der Waals surface area contributed by atoms with Gasteiger partial charge in [0.2, 0.25) is 5.91 Å². The molecule has 0 bridgehead atoms. The fourth-order valence-corrected chi connectivity index (χ4v) is 3.00. The maximum Gasteiger partial charge on any atom is 0.238 e. The van der Waals surface area contributed by atoms with E-state index in [0.29, 0.717) is 23.1 Å². The zero-order valence-corrected chi connectivity index (χ0v) is 16.1. The number of fused-ring (bicyclic) bond motifs is 1. The number of rotatable bonds is 7. The van der Waals surface area contributed by atoms with Gasteiger partial charge in [-0.05, 0) is 43.4 Å². The second kappa shape index (κ2) is 8.79. The summed E-state index contributed by atoms with van der Waals surface area (Å²) in [5.41, 5.74) is 2.24. The minimum Gasteiger partial charge on any atom is -0.340 e. The molecule has 140 valence electrons. The molecule has 0 aliphatic rings. The highest BCUT2D eigenvalue weighted by molar-refractivity contribution is 6.34. The van der Waals surface area contributed by atoms with E-state index in [9.17, 15) is 4.79 Å². The van der Waals surface area contributed by atoms with Crippen molar-refractivity contribution in [1.82, 2.24) is 14.9 Å². The van der Waals surface area contributed by atoms with Crippen LogP contribution in [0, 0.1) is 0 Å². The highest BCUT2D eigenvalue weighted by atomic mass is 35.5. The van der Waals surface area contributed by atoms with Gasteiger partial charge in [-0.15, -0.1) is 0 Å². The molecule has 0 aliphatic carbocycles. The molecule has 0 spiro atoms. The number of halogens is 1. The lowest BCUT2D eigenvalue weighted by atomic mass is 10.2. The normalized spacial score (nSPS) is 11.0. The lowest BCUT2D eigenvalue weighted by Gasteiger charge is -2.17. The van der Waals surface area contributed by atoms with Gasteiger partial charge in [0.15, 0.2) is 0 Å². The third-order valence-electron chi connectivity index (χ3n) is 4.31. The number of nitrogens with zero attached hydrogens (tertiary/aromatic N) is 3. The first kappa shape index (κ1) is 19.1. The van der Waals surface area contributed by atoms with Gasteiger partial charge in [0.05, 0.1) is 22.8 Å². The summed E-state index contributed by atoms with van der Waals surface area (Å²) >= 11 is 6.36. The van der Waals surface area contributed by atoms with Gasteiger partial charge >= 0.3 is 0 Å². The smallest absolute Gasteiger partial charge is 0.238 e. The van der Waals surface area contributed by atoms with Crippen LogP contribution in [0.4, 0.5) is 17.2 Å². The summed E-state index contributed by atoms with van der Waals surface area (Å²) in [4.78, 5) is 22.8. The molecule has 3 rings (SSSR count). The zero-order valence-electron chi connectivity index (χ0n) is 15.4. The molecule has 7 heteroatoms. The average molecular weight is 384 g/mol. The molecular weight excluding hydrogens is 362 g/mol. The fraction of sp³-hybridized carbons (Fsp3) is 0.250. The first-order valence-corrected chi connectivity index (χ1v) is 9.27. The second-order valence-corrected chi connectivity index (χ2v) is 6.48. The topological polar surface area (TPSA) is 70.2 Å². The van der Waals surface area contributed by atoms with E-state index in [-0.39, 0.29) is 5.91 Å². The number of benzene rings is 2. The second-order valence-electron chi connectivity index (χ2n) is 6.07. The Hall–Kier alpha value is -2.70. The molecule has 2 N–H and O–H groups in total.